The third-order valence-corrected chi connectivity index (χ3v) is 4.60. The van der Waals surface area contributed by atoms with Crippen molar-refractivity contribution < 1.29 is 9.18 Å². The van der Waals surface area contributed by atoms with Gasteiger partial charge in [-0.1, -0.05) is 12.1 Å². The maximum absolute atomic E-state index is 14.6. The van der Waals surface area contributed by atoms with Crippen LogP contribution in [0.1, 0.15) is 16.8 Å². The van der Waals surface area contributed by atoms with E-state index in [1.807, 2.05) is 28.8 Å². The molecule has 6 nitrogen and oxygen atoms in total. The van der Waals surface area contributed by atoms with Crippen molar-refractivity contribution in [3.63, 3.8) is 0 Å². The van der Waals surface area contributed by atoms with Crippen molar-refractivity contribution in [1.82, 2.24) is 19.6 Å². The number of carbonyl (C=O) groups excluding carboxylic acids is 1. The summed E-state index contributed by atoms with van der Waals surface area (Å²) in [6.45, 7) is 1.07. The van der Waals surface area contributed by atoms with Gasteiger partial charge in [0.25, 0.3) is 5.91 Å². The van der Waals surface area contributed by atoms with E-state index in [-0.39, 0.29) is 11.6 Å². The molecular formula is C19H16FN5O. The molecule has 1 aliphatic heterocycles. The molecule has 0 radical (unpaired) electrons. The Kier molecular flexibility index (Phi) is 4.01. The number of nitrogens with one attached hydrogen (secondary N) is 1. The Morgan fingerprint density at radius 2 is 2.23 bits per heavy atom. The summed E-state index contributed by atoms with van der Waals surface area (Å²) < 4.78 is 16.4. The lowest BCUT2D eigenvalue weighted by Crippen LogP contribution is -2.36. The predicted octanol–water partition coefficient (Wildman–Crippen LogP) is 2.43. The number of nitriles is 1. The Bertz CT molecular complexity index is 1020. The van der Waals surface area contributed by atoms with Gasteiger partial charge in [0, 0.05) is 37.1 Å². The first kappa shape index (κ1) is 16.1. The summed E-state index contributed by atoms with van der Waals surface area (Å²) in [4.78, 5) is 18.2. The van der Waals surface area contributed by atoms with E-state index in [0.29, 0.717) is 25.1 Å². The van der Waals surface area contributed by atoms with Crippen molar-refractivity contribution in [2.75, 3.05) is 13.1 Å². The number of aromatic nitrogens is 2. The standard InChI is InChI=1S/C19H16FN5O/c20-16-10-13(17-2-1-3-18-22-7-9-25(17)18)4-5-15(16)19(26)23-14-6-8-24(11-14)12-21/h1-5,7,9-10,14H,6,8,11H2,(H,23,26)/t14-/m1/s1. The molecule has 2 aromatic heterocycles. The molecule has 0 aliphatic carbocycles. The van der Waals surface area contributed by atoms with Crippen molar-refractivity contribution >= 4 is 11.6 Å². The highest BCUT2D eigenvalue weighted by Crippen LogP contribution is 2.23. The number of hydrogen-bond donors (Lipinski definition) is 1. The first-order valence-electron chi connectivity index (χ1n) is 8.33. The minimum Gasteiger partial charge on any atom is -0.347 e. The van der Waals surface area contributed by atoms with Gasteiger partial charge in [-0.3, -0.25) is 9.20 Å². The van der Waals surface area contributed by atoms with E-state index in [4.69, 9.17) is 5.26 Å². The summed E-state index contributed by atoms with van der Waals surface area (Å²) >= 11 is 0. The highest BCUT2D eigenvalue weighted by Gasteiger charge is 2.24. The number of rotatable bonds is 3. The Balaban J connectivity index is 1.57. The molecule has 0 unspecified atom stereocenters. The Labute approximate surface area is 149 Å². The summed E-state index contributed by atoms with van der Waals surface area (Å²) in [6.07, 6.45) is 6.23. The summed E-state index contributed by atoms with van der Waals surface area (Å²) in [5, 5.41) is 11.7. The van der Waals surface area contributed by atoms with Crippen molar-refractivity contribution in [2.45, 2.75) is 12.5 Å². The summed E-state index contributed by atoms with van der Waals surface area (Å²) in [7, 11) is 0. The normalized spacial score (nSPS) is 16.6. The Hall–Kier alpha value is -3.40. The second-order valence-electron chi connectivity index (χ2n) is 6.27. The third kappa shape index (κ3) is 2.86. The van der Waals surface area contributed by atoms with Crippen LogP contribution in [-0.2, 0) is 0 Å². The zero-order valence-corrected chi connectivity index (χ0v) is 13.9. The molecule has 1 N–H and O–H groups in total. The topological polar surface area (TPSA) is 73.4 Å². The number of halogens is 1. The highest BCUT2D eigenvalue weighted by molar-refractivity contribution is 5.95. The molecule has 1 fully saturated rings. The minimum absolute atomic E-state index is 0.00182. The average Bonchev–Trinajstić information content (AvgIpc) is 3.30. The largest absolute Gasteiger partial charge is 0.347 e. The van der Waals surface area contributed by atoms with Crippen LogP contribution < -0.4 is 5.32 Å². The molecule has 1 aromatic carbocycles. The Morgan fingerprint density at radius 1 is 1.35 bits per heavy atom. The summed E-state index contributed by atoms with van der Waals surface area (Å²) in [6, 6.07) is 10.0. The fourth-order valence-corrected chi connectivity index (χ4v) is 3.27. The minimum atomic E-state index is -0.577. The van der Waals surface area contributed by atoms with Crippen LogP contribution in [-0.4, -0.2) is 39.3 Å². The smallest absolute Gasteiger partial charge is 0.254 e. The van der Waals surface area contributed by atoms with Crippen molar-refractivity contribution in [1.29, 1.82) is 5.26 Å². The zero-order valence-electron chi connectivity index (χ0n) is 13.9. The molecule has 4 rings (SSSR count). The molecule has 1 saturated heterocycles. The van der Waals surface area contributed by atoms with Crippen LogP contribution >= 0.6 is 0 Å². The van der Waals surface area contributed by atoms with E-state index in [1.165, 1.54) is 12.1 Å². The van der Waals surface area contributed by atoms with E-state index >= 15 is 0 Å². The summed E-state index contributed by atoms with van der Waals surface area (Å²) in [5.41, 5.74) is 2.24. The number of carbonyl (C=O) groups is 1. The average molecular weight is 349 g/mol. The van der Waals surface area contributed by atoms with Crippen LogP contribution in [0.5, 0.6) is 0 Å². The van der Waals surface area contributed by atoms with Gasteiger partial charge in [-0.25, -0.2) is 9.37 Å². The number of pyridine rings is 1. The number of imidazole rings is 1. The molecule has 1 amide bonds. The van der Waals surface area contributed by atoms with Crippen LogP contribution in [0.3, 0.4) is 0 Å². The number of fused-ring (bicyclic) bond motifs is 1. The lowest BCUT2D eigenvalue weighted by Gasteiger charge is -2.13. The van der Waals surface area contributed by atoms with Crippen LogP contribution in [0.2, 0.25) is 0 Å². The van der Waals surface area contributed by atoms with Gasteiger partial charge in [0.05, 0.1) is 11.3 Å². The van der Waals surface area contributed by atoms with Gasteiger partial charge in [0.2, 0.25) is 0 Å². The zero-order chi connectivity index (χ0) is 18.1. The van der Waals surface area contributed by atoms with Gasteiger partial charge in [0.1, 0.15) is 11.5 Å². The van der Waals surface area contributed by atoms with Gasteiger partial charge < -0.3 is 10.2 Å². The number of nitrogens with zero attached hydrogens (tertiary/aromatic N) is 4. The first-order chi connectivity index (χ1) is 12.7. The van der Waals surface area contributed by atoms with E-state index in [9.17, 15) is 9.18 Å². The molecule has 3 heterocycles. The molecule has 1 atom stereocenters. The predicted molar refractivity (Wildman–Crippen MR) is 93.6 cm³/mol. The quantitative estimate of drug-likeness (QED) is 0.737. The third-order valence-electron chi connectivity index (χ3n) is 4.60. The molecule has 7 heteroatoms. The van der Waals surface area contributed by atoms with E-state index in [1.54, 1.807) is 17.2 Å². The van der Waals surface area contributed by atoms with Crippen molar-refractivity contribution in [3.05, 3.63) is 60.2 Å². The fraction of sp³-hybridized carbons (Fsp3) is 0.211. The van der Waals surface area contributed by atoms with Crippen molar-refractivity contribution in [2.24, 2.45) is 0 Å². The molecule has 0 bridgehead atoms. The molecule has 3 aromatic rings. The number of hydrogen-bond acceptors (Lipinski definition) is 4. The number of benzene rings is 1. The lowest BCUT2D eigenvalue weighted by molar-refractivity contribution is 0.0935. The van der Waals surface area contributed by atoms with Crippen LogP contribution in [0.15, 0.2) is 48.8 Å². The van der Waals surface area contributed by atoms with Gasteiger partial charge in [-0.05, 0) is 30.7 Å². The maximum Gasteiger partial charge on any atom is 0.254 e. The Morgan fingerprint density at radius 3 is 3.00 bits per heavy atom. The van der Waals surface area contributed by atoms with Gasteiger partial charge in [0.15, 0.2) is 6.19 Å². The van der Waals surface area contributed by atoms with Gasteiger partial charge >= 0.3 is 0 Å². The monoisotopic (exact) mass is 349 g/mol. The SMILES string of the molecule is N#CN1CC[C@@H](NC(=O)c2ccc(-c3cccc4nccn34)cc2F)C1. The molecule has 130 valence electrons. The molecule has 0 spiro atoms. The second-order valence-corrected chi connectivity index (χ2v) is 6.27. The van der Waals surface area contributed by atoms with Crippen LogP contribution in [0.4, 0.5) is 4.39 Å². The maximum atomic E-state index is 14.6. The fourth-order valence-electron chi connectivity index (χ4n) is 3.27. The number of amides is 1. The van der Waals surface area contributed by atoms with E-state index in [2.05, 4.69) is 16.5 Å². The highest BCUT2D eigenvalue weighted by atomic mass is 19.1. The lowest BCUT2D eigenvalue weighted by atomic mass is 10.1. The number of likely N-dealkylation sites (tertiary alicyclic amines) is 1. The van der Waals surface area contributed by atoms with Gasteiger partial charge in [-0.2, -0.15) is 5.26 Å². The van der Waals surface area contributed by atoms with Crippen LogP contribution in [0.25, 0.3) is 16.9 Å². The molecular weight excluding hydrogens is 333 g/mol. The van der Waals surface area contributed by atoms with Crippen molar-refractivity contribution in [3.8, 4) is 17.5 Å². The molecule has 26 heavy (non-hydrogen) atoms. The second kappa shape index (κ2) is 6.48. The van der Waals surface area contributed by atoms with E-state index in [0.717, 1.165) is 11.3 Å². The molecule has 0 saturated carbocycles. The van der Waals surface area contributed by atoms with Crippen LogP contribution in [0, 0.1) is 17.3 Å². The summed E-state index contributed by atoms with van der Waals surface area (Å²) in [5.74, 6) is -1.04. The van der Waals surface area contributed by atoms with E-state index < -0.39 is 11.7 Å². The molecule has 1 aliphatic rings. The first-order valence-corrected chi connectivity index (χ1v) is 8.33. The van der Waals surface area contributed by atoms with Gasteiger partial charge in [-0.15, -0.1) is 0 Å².